The predicted molar refractivity (Wildman–Crippen MR) is 124 cm³/mol. The maximum Gasteiger partial charge on any atom is 0.244 e. The largest absolute Gasteiger partial charge is 0.378 e. The standard InChI is InChI=1S/C23H26ClN5O3/c1-14-10-25-11-18-21(14)16-8-15(24)9-17(22(16)26-18)27-23(31)19-13-32-7-6-29(19)12-20(30)28-4-2-3-5-28/h8-11,19,26H,2-7,12-13H2,1H3,(H,27,31)/t19-/m0/s1. The number of halogens is 1. The zero-order valence-electron chi connectivity index (χ0n) is 18.0. The van der Waals surface area contributed by atoms with E-state index in [4.69, 9.17) is 16.3 Å². The molecule has 168 valence electrons. The molecule has 2 N–H and O–H groups in total. The lowest BCUT2D eigenvalue weighted by Crippen LogP contribution is -2.54. The first-order valence-corrected chi connectivity index (χ1v) is 11.3. The molecule has 3 aromatic rings. The Morgan fingerprint density at radius 1 is 1.25 bits per heavy atom. The Bertz CT molecular complexity index is 1190. The fourth-order valence-corrected chi connectivity index (χ4v) is 4.93. The minimum absolute atomic E-state index is 0.0749. The minimum Gasteiger partial charge on any atom is -0.378 e. The molecular formula is C23H26ClN5O3. The van der Waals surface area contributed by atoms with Crippen LogP contribution in [0.4, 0.5) is 5.69 Å². The third-order valence-corrected chi connectivity index (χ3v) is 6.58. The Labute approximate surface area is 190 Å². The normalized spacial score (nSPS) is 19.7. The van der Waals surface area contributed by atoms with Crippen LogP contribution in [0.1, 0.15) is 18.4 Å². The Kier molecular flexibility index (Phi) is 5.75. The number of fused-ring (bicyclic) bond motifs is 3. The van der Waals surface area contributed by atoms with Crippen molar-refractivity contribution < 1.29 is 14.3 Å². The molecule has 5 rings (SSSR count). The second-order valence-corrected chi connectivity index (χ2v) is 8.95. The van der Waals surface area contributed by atoms with Gasteiger partial charge in [0.15, 0.2) is 0 Å². The van der Waals surface area contributed by atoms with E-state index in [0.29, 0.717) is 23.9 Å². The summed E-state index contributed by atoms with van der Waals surface area (Å²) in [5.74, 6) is -0.137. The number of pyridine rings is 1. The SMILES string of the molecule is Cc1cncc2[nH]c3c(NC(=O)[C@@H]4COCCN4CC(=O)N4CCCC4)cc(Cl)cc3c12. The van der Waals surface area contributed by atoms with Crippen LogP contribution in [0, 0.1) is 6.92 Å². The summed E-state index contributed by atoms with van der Waals surface area (Å²) in [4.78, 5) is 37.4. The zero-order chi connectivity index (χ0) is 22.2. The molecule has 0 saturated carbocycles. The quantitative estimate of drug-likeness (QED) is 0.631. The molecule has 0 aliphatic carbocycles. The number of carbonyl (C=O) groups excluding carboxylic acids is 2. The molecule has 2 saturated heterocycles. The van der Waals surface area contributed by atoms with Crippen molar-refractivity contribution in [1.82, 2.24) is 19.8 Å². The first-order valence-electron chi connectivity index (χ1n) is 11.0. The number of ether oxygens (including phenoxy) is 1. The highest BCUT2D eigenvalue weighted by Gasteiger charge is 2.32. The summed E-state index contributed by atoms with van der Waals surface area (Å²) >= 11 is 6.41. The lowest BCUT2D eigenvalue weighted by molar-refractivity contribution is -0.137. The molecule has 2 aliphatic rings. The van der Waals surface area contributed by atoms with Gasteiger partial charge in [-0.15, -0.1) is 0 Å². The fourth-order valence-electron chi connectivity index (χ4n) is 4.71. The van der Waals surface area contributed by atoms with E-state index in [1.54, 1.807) is 12.3 Å². The van der Waals surface area contributed by atoms with Gasteiger partial charge >= 0.3 is 0 Å². The van der Waals surface area contributed by atoms with Gasteiger partial charge in [0.25, 0.3) is 0 Å². The molecule has 0 unspecified atom stereocenters. The molecule has 2 aliphatic heterocycles. The van der Waals surface area contributed by atoms with Crippen molar-refractivity contribution >= 4 is 50.9 Å². The number of nitrogens with zero attached hydrogens (tertiary/aromatic N) is 3. The van der Waals surface area contributed by atoms with Gasteiger partial charge in [0.05, 0.1) is 42.7 Å². The summed E-state index contributed by atoms with van der Waals surface area (Å²) < 4.78 is 5.58. The fraction of sp³-hybridized carbons (Fsp3) is 0.435. The van der Waals surface area contributed by atoms with E-state index in [2.05, 4.69) is 15.3 Å². The molecular weight excluding hydrogens is 430 g/mol. The molecule has 8 nitrogen and oxygen atoms in total. The molecule has 2 amide bonds. The van der Waals surface area contributed by atoms with Crippen LogP contribution in [0.3, 0.4) is 0 Å². The van der Waals surface area contributed by atoms with Gasteiger partial charge in [-0.2, -0.15) is 0 Å². The van der Waals surface area contributed by atoms with Crippen molar-refractivity contribution in [2.75, 3.05) is 44.7 Å². The highest BCUT2D eigenvalue weighted by Crippen LogP contribution is 2.34. The first kappa shape index (κ1) is 21.2. The highest BCUT2D eigenvalue weighted by molar-refractivity contribution is 6.33. The Balaban J connectivity index is 1.41. The second-order valence-electron chi connectivity index (χ2n) is 8.52. The molecule has 32 heavy (non-hydrogen) atoms. The number of likely N-dealkylation sites (tertiary alicyclic amines) is 1. The van der Waals surface area contributed by atoms with Crippen LogP contribution in [-0.2, 0) is 14.3 Å². The Morgan fingerprint density at radius 2 is 2.06 bits per heavy atom. The average molecular weight is 456 g/mol. The highest BCUT2D eigenvalue weighted by atomic mass is 35.5. The van der Waals surface area contributed by atoms with Gasteiger partial charge in [0.1, 0.15) is 6.04 Å². The van der Waals surface area contributed by atoms with Crippen LogP contribution >= 0.6 is 11.6 Å². The molecule has 9 heteroatoms. The summed E-state index contributed by atoms with van der Waals surface area (Å²) in [6.45, 7) is 5.12. The number of benzene rings is 1. The zero-order valence-corrected chi connectivity index (χ0v) is 18.7. The maximum atomic E-state index is 13.3. The number of amides is 2. The number of aryl methyl sites for hydroxylation is 1. The molecule has 1 atom stereocenters. The van der Waals surface area contributed by atoms with Crippen molar-refractivity contribution in [2.24, 2.45) is 0 Å². The topological polar surface area (TPSA) is 90.6 Å². The van der Waals surface area contributed by atoms with Gasteiger partial charge in [-0.25, -0.2) is 0 Å². The van der Waals surface area contributed by atoms with Gasteiger partial charge in [-0.3, -0.25) is 19.5 Å². The average Bonchev–Trinajstić information content (AvgIpc) is 3.43. The number of hydrogen-bond acceptors (Lipinski definition) is 5. The lowest BCUT2D eigenvalue weighted by Gasteiger charge is -2.34. The van der Waals surface area contributed by atoms with Gasteiger partial charge in [-0.05, 0) is 37.5 Å². The van der Waals surface area contributed by atoms with Crippen LogP contribution in [0.25, 0.3) is 21.8 Å². The smallest absolute Gasteiger partial charge is 0.244 e. The number of rotatable bonds is 4. The van der Waals surface area contributed by atoms with E-state index in [1.807, 2.05) is 29.0 Å². The van der Waals surface area contributed by atoms with Crippen LogP contribution < -0.4 is 5.32 Å². The number of hydrogen-bond donors (Lipinski definition) is 2. The number of aromatic nitrogens is 2. The van der Waals surface area contributed by atoms with Gasteiger partial charge in [0.2, 0.25) is 11.8 Å². The molecule has 0 radical (unpaired) electrons. The monoisotopic (exact) mass is 455 g/mol. The summed E-state index contributed by atoms with van der Waals surface area (Å²) in [5, 5.41) is 5.53. The van der Waals surface area contributed by atoms with E-state index in [1.165, 1.54) is 0 Å². The van der Waals surface area contributed by atoms with E-state index in [9.17, 15) is 9.59 Å². The molecule has 2 aromatic heterocycles. The molecule has 0 spiro atoms. The van der Waals surface area contributed by atoms with Crippen molar-refractivity contribution in [1.29, 1.82) is 0 Å². The molecule has 1 aromatic carbocycles. The Hall–Kier alpha value is -2.68. The van der Waals surface area contributed by atoms with E-state index < -0.39 is 6.04 Å². The van der Waals surface area contributed by atoms with Gasteiger partial charge < -0.3 is 19.9 Å². The van der Waals surface area contributed by atoms with Gasteiger partial charge in [-0.1, -0.05) is 11.6 Å². The van der Waals surface area contributed by atoms with Crippen LogP contribution in [0.2, 0.25) is 5.02 Å². The van der Waals surface area contributed by atoms with E-state index >= 15 is 0 Å². The summed E-state index contributed by atoms with van der Waals surface area (Å²) in [7, 11) is 0. The number of anilines is 1. The summed E-state index contributed by atoms with van der Waals surface area (Å²) in [5.41, 5.74) is 3.31. The number of nitrogens with one attached hydrogen (secondary N) is 2. The van der Waals surface area contributed by atoms with Gasteiger partial charge in [0, 0.05) is 41.6 Å². The third kappa shape index (κ3) is 3.94. The van der Waals surface area contributed by atoms with Crippen LogP contribution in [0.5, 0.6) is 0 Å². The predicted octanol–water partition coefficient (Wildman–Crippen LogP) is 2.94. The molecule has 0 bridgehead atoms. The van der Waals surface area contributed by atoms with Crippen molar-refractivity contribution in [2.45, 2.75) is 25.8 Å². The maximum absolute atomic E-state index is 13.3. The molecule has 2 fully saturated rings. The second kappa shape index (κ2) is 8.69. The van der Waals surface area contributed by atoms with E-state index in [-0.39, 0.29) is 25.0 Å². The summed E-state index contributed by atoms with van der Waals surface area (Å²) in [6, 6.07) is 3.09. The van der Waals surface area contributed by atoms with Crippen LogP contribution in [-0.4, -0.2) is 77.0 Å². The minimum atomic E-state index is -0.544. The first-order chi connectivity index (χ1) is 15.5. The molecule has 4 heterocycles. The van der Waals surface area contributed by atoms with E-state index in [0.717, 1.165) is 53.3 Å². The lowest BCUT2D eigenvalue weighted by atomic mass is 10.1. The number of aromatic amines is 1. The van der Waals surface area contributed by atoms with Crippen molar-refractivity contribution in [3.05, 3.63) is 35.1 Å². The number of H-pyrrole nitrogens is 1. The van der Waals surface area contributed by atoms with Crippen LogP contribution in [0.15, 0.2) is 24.5 Å². The Morgan fingerprint density at radius 3 is 2.88 bits per heavy atom. The summed E-state index contributed by atoms with van der Waals surface area (Å²) in [6.07, 6.45) is 5.66. The van der Waals surface area contributed by atoms with Crippen molar-refractivity contribution in [3.63, 3.8) is 0 Å². The van der Waals surface area contributed by atoms with Crippen molar-refractivity contribution in [3.8, 4) is 0 Å². The third-order valence-electron chi connectivity index (χ3n) is 6.36. The number of morpholine rings is 1. The number of carbonyl (C=O) groups is 2.